The highest BCUT2D eigenvalue weighted by Crippen LogP contribution is 2.16. The van der Waals surface area contributed by atoms with Gasteiger partial charge in [0.2, 0.25) is 5.91 Å². The van der Waals surface area contributed by atoms with Gasteiger partial charge in [-0.2, -0.15) is 0 Å². The summed E-state index contributed by atoms with van der Waals surface area (Å²) in [5.41, 5.74) is 0. The number of amides is 1. The largest absolute Gasteiger partial charge is 0.394 e. The number of rotatable bonds is 46. The molecule has 0 saturated heterocycles. The van der Waals surface area contributed by atoms with Crippen molar-refractivity contribution in [2.45, 2.75) is 289 Å². The molecule has 4 N–H and O–H groups in total. The van der Waals surface area contributed by atoms with E-state index in [0.717, 1.165) is 25.7 Å². The molecule has 3 atom stereocenters. The highest BCUT2D eigenvalue weighted by Gasteiger charge is 2.20. The van der Waals surface area contributed by atoms with Gasteiger partial charge in [-0.1, -0.05) is 244 Å². The van der Waals surface area contributed by atoms with Crippen molar-refractivity contribution in [1.29, 1.82) is 0 Å². The quantitative estimate of drug-likeness (QED) is 0.0365. The molecule has 56 heavy (non-hydrogen) atoms. The van der Waals surface area contributed by atoms with Gasteiger partial charge in [0.15, 0.2) is 0 Å². The van der Waals surface area contributed by atoms with Crippen LogP contribution in [0.15, 0.2) is 24.3 Å². The second-order valence-corrected chi connectivity index (χ2v) is 17.4. The van der Waals surface area contributed by atoms with Gasteiger partial charge in [0.05, 0.1) is 31.3 Å². The van der Waals surface area contributed by atoms with E-state index in [1.807, 2.05) is 6.08 Å². The van der Waals surface area contributed by atoms with Gasteiger partial charge in [-0.05, 0) is 44.9 Å². The second-order valence-electron chi connectivity index (χ2n) is 17.4. The van der Waals surface area contributed by atoms with Crippen LogP contribution >= 0.6 is 0 Å². The molecule has 0 aromatic carbocycles. The second kappa shape index (κ2) is 46.5. The van der Waals surface area contributed by atoms with Crippen molar-refractivity contribution in [3.05, 3.63) is 24.3 Å². The number of carbonyl (C=O) groups excluding carboxylic acids is 1. The summed E-state index contributed by atoms with van der Waals surface area (Å²) in [6.07, 6.45) is 57.7. The van der Waals surface area contributed by atoms with Crippen LogP contribution in [0, 0.1) is 0 Å². The molecule has 0 fully saturated rings. The molecule has 0 spiro atoms. The average Bonchev–Trinajstić information content (AvgIpc) is 3.19. The van der Waals surface area contributed by atoms with Crippen molar-refractivity contribution >= 4 is 5.91 Å². The number of unbranched alkanes of at least 4 members (excludes halogenated alkanes) is 35. The van der Waals surface area contributed by atoms with E-state index >= 15 is 0 Å². The third-order valence-corrected chi connectivity index (χ3v) is 11.7. The Kier molecular flexibility index (Phi) is 45.5. The summed E-state index contributed by atoms with van der Waals surface area (Å²) < 4.78 is 0. The summed E-state index contributed by atoms with van der Waals surface area (Å²) >= 11 is 0. The van der Waals surface area contributed by atoms with Gasteiger partial charge >= 0.3 is 0 Å². The van der Waals surface area contributed by atoms with Gasteiger partial charge in [0.25, 0.3) is 0 Å². The minimum Gasteiger partial charge on any atom is -0.394 e. The Balaban J connectivity index is 3.60. The van der Waals surface area contributed by atoms with Gasteiger partial charge < -0.3 is 20.6 Å². The normalized spacial score (nSPS) is 13.6. The zero-order valence-corrected chi connectivity index (χ0v) is 37.8. The lowest BCUT2D eigenvalue weighted by Gasteiger charge is -2.21. The van der Waals surface area contributed by atoms with E-state index in [-0.39, 0.29) is 18.9 Å². The first kappa shape index (κ1) is 54.8. The van der Waals surface area contributed by atoms with Crippen LogP contribution < -0.4 is 5.32 Å². The van der Waals surface area contributed by atoms with Crippen LogP contribution in [0.4, 0.5) is 0 Å². The molecule has 3 unspecified atom stereocenters. The Morgan fingerprint density at radius 2 is 0.750 bits per heavy atom. The van der Waals surface area contributed by atoms with E-state index in [2.05, 4.69) is 31.3 Å². The highest BCUT2D eigenvalue weighted by atomic mass is 16.3. The van der Waals surface area contributed by atoms with Gasteiger partial charge in [0, 0.05) is 0 Å². The summed E-state index contributed by atoms with van der Waals surface area (Å²) in [4.78, 5) is 12.5. The smallest absolute Gasteiger partial charge is 0.222 e. The summed E-state index contributed by atoms with van der Waals surface area (Å²) in [5, 5.41) is 33.3. The molecule has 0 aliphatic rings. The number of allylic oxidation sites excluding steroid dienone is 3. The summed E-state index contributed by atoms with van der Waals surface area (Å²) in [6.45, 7) is 4.24. The first-order valence-corrected chi connectivity index (χ1v) is 25.1. The standard InChI is InChI=1S/C51H99NO4/c1-3-5-7-9-11-13-15-17-19-21-22-23-24-25-26-27-29-30-32-34-36-38-40-42-44-48(54)46-51(56)52-49(47-53)50(55)45-43-41-39-37-35-33-31-28-20-18-16-14-12-10-8-6-4-2/h25-26,43,45,48-50,53-55H,3-24,27-42,44,46-47H2,1-2H3,(H,52,56)/b26-25-,45-43+. The third kappa shape index (κ3) is 42.4. The minimum absolute atomic E-state index is 0.0138. The van der Waals surface area contributed by atoms with Crippen LogP contribution in [0.3, 0.4) is 0 Å². The van der Waals surface area contributed by atoms with Gasteiger partial charge in [-0.3, -0.25) is 4.79 Å². The van der Waals surface area contributed by atoms with Crippen molar-refractivity contribution in [2.24, 2.45) is 0 Å². The number of nitrogens with one attached hydrogen (secondary N) is 1. The van der Waals surface area contributed by atoms with Crippen LogP contribution in [0.25, 0.3) is 0 Å². The van der Waals surface area contributed by atoms with Crippen LogP contribution in [0.1, 0.15) is 271 Å². The lowest BCUT2D eigenvalue weighted by Crippen LogP contribution is -2.45. The topological polar surface area (TPSA) is 89.8 Å². The summed E-state index contributed by atoms with van der Waals surface area (Å²) in [7, 11) is 0. The fourth-order valence-corrected chi connectivity index (χ4v) is 7.87. The predicted octanol–water partition coefficient (Wildman–Crippen LogP) is 14.9. The Morgan fingerprint density at radius 3 is 1.09 bits per heavy atom. The van der Waals surface area contributed by atoms with E-state index in [4.69, 9.17) is 0 Å². The van der Waals surface area contributed by atoms with Crippen molar-refractivity contribution in [3.63, 3.8) is 0 Å². The Labute approximate surface area is 350 Å². The molecule has 0 rings (SSSR count). The number of aliphatic hydroxyl groups excluding tert-OH is 3. The van der Waals surface area contributed by atoms with Crippen LogP contribution in [0.2, 0.25) is 0 Å². The predicted molar refractivity (Wildman–Crippen MR) is 245 cm³/mol. The molecular weight excluding hydrogens is 691 g/mol. The molecule has 0 aliphatic carbocycles. The minimum atomic E-state index is -0.928. The monoisotopic (exact) mass is 790 g/mol. The van der Waals surface area contributed by atoms with Gasteiger partial charge in [0.1, 0.15) is 0 Å². The zero-order valence-electron chi connectivity index (χ0n) is 37.8. The van der Waals surface area contributed by atoms with Crippen LogP contribution in [-0.2, 0) is 4.79 Å². The Bertz CT molecular complexity index is 829. The fourth-order valence-electron chi connectivity index (χ4n) is 7.87. The van der Waals surface area contributed by atoms with E-state index in [1.54, 1.807) is 6.08 Å². The van der Waals surface area contributed by atoms with Crippen molar-refractivity contribution in [1.82, 2.24) is 5.32 Å². The maximum Gasteiger partial charge on any atom is 0.222 e. The molecule has 0 heterocycles. The van der Waals surface area contributed by atoms with Gasteiger partial charge in [-0.25, -0.2) is 0 Å². The maximum atomic E-state index is 12.5. The fraction of sp³-hybridized carbons (Fsp3) is 0.902. The van der Waals surface area contributed by atoms with Gasteiger partial charge in [-0.15, -0.1) is 0 Å². The van der Waals surface area contributed by atoms with E-state index in [0.29, 0.717) is 6.42 Å². The lowest BCUT2D eigenvalue weighted by molar-refractivity contribution is -0.124. The number of hydrogen-bond acceptors (Lipinski definition) is 4. The molecule has 5 nitrogen and oxygen atoms in total. The SMILES string of the molecule is CCCCCCCCCCCCCC/C=C\CCCCCCCCCCC(O)CC(=O)NC(CO)C(O)/C=C/CCCCCCCCCCCCCCCCC. The zero-order chi connectivity index (χ0) is 40.8. The van der Waals surface area contributed by atoms with E-state index in [9.17, 15) is 20.1 Å². The molecule has 0 saturated carbocycles. The number of aliphatic hydroxyl groups is 3. The molecule has 332 valence electrons. The molecule has 0 aromatic heterocycles. The lowest BCUT2D eigenvalue weighted by atomic mass is 10.0. The maximum absolute atomic E-state index is 12.5. The summed E-state index contributed by atoms with van der Waals surface area (Å²) in [5.74, 6) is -0.314. The molecule has 0 aliphatic heterocycles. The highest BCUT2D eigenvalue weighted by molar-refractivity contribution is 5.76. The molecule has 0 bridgehead atoms. The van der Waals surface area contributed by atoms with Crippen molar-refractivity contribution in [3.8, 4) is 0 Å². The first-order chi connectivity index (χ1) is 27.5. The average molecular weight is 790 g/mol. The Morgan fingerprint density at radius 1 is 0.446 bits per heavy atom. The van der Waals surface area contributed by atoms with E-state index < -0.39 is 18.2 Å². The number of hydrogen-bond donors (Lipinski definition) is 4. The molecule has 5 heteroatoms. The van der Waals surface area contributed by atoms with Crippen LogP contribution in [0.5, 0.6) is 0 Å². The molecule has 0 aromatic rings. The molecule has 0 radical (unpaired) electrons. The first-order valence-electron chi connectivity index (χ1n) is 25.1. The Hall–Kier alpha value is -1.17. The van der Waals surface area contributed by atoms with Crippen molar-refractivity contribution < 1.29 is 20.1 Å². The summed E-state index contributed by atoms with van der Waals surface area (Å²) in [6, 6.07) is -0.743. The number of carbonyl (C=O) groups is 1. The third-order valence-electron chi connectivity index (χ3n) is 11.7. The van der Waals surface area contributed by atoms with Crippen LogP contribution in [-0.4, -0.2) is 46.1 Å². The van der Waals surface area contributed by atoms with E-state index in [1.165, 1.54) is 218 Å². The molecule has 1 amide bonds. The van der Waals surface area contributed by atoms with Crippen molar-refractivity contribution in [2.75, 3.05) is 6.61 Å². The molecular formula is C51H99NO4.